The van der Waals surface area contributed by atoms with Crippen LogP contribution < -0.4 is 10.6 Å². The van der Waals surface area contributed by atoms with Crippen LogP contribution >= 0.6 is 0 Å². The van der Waals surface area contributed by atoms with Gasteiger partial charge < -0.3 is 10.6 Å². The lowest BCUT2D eigenvalue weighted by molar-refractivity contribution is -0.113. The van der Waals surface area contributed by atoms with Crippen molar-refractivity contribution in [2.45, 2.75) is 12.8 Å². The zero-order chi connectivity index (χ0) is 10.5. The van der Waals surface area contributed by atoms with Crippen LogP contribution in [-0.2, 0) is 4.79 Å². The minimum absolute atomic E-state index is 0.00611. The normalized spacial score (nSPS) is 15.1. The van der Waals surface area contributed by atoms with E-state index in [9.17, 15) is 4.79 Å². The first kappa shape index (κ1) is 9.77. The molecule has 0 aliphatic carbocycles. The molecule has 0 atom stereocenters. The van der Waals surface area contributed by atoms with Crippen molar-refractivity contribution in [3.63, 3.8) is 0 Å². The highest BCUT2D eigenvalue weighted by Gasteiger charge is 2.11. The summed E-state index contributed by atoms with van der Waals surface area (Å²) in [4.78, 5) is 11.7. The first-order valence-electron chi connectivity index (χ1n) is 5.15. The molecular formula is C12H14N2O. The molecular weight excluding hydrogens is 188 g/mol. The van der Waals surface area contributed by atoms with E-state index in [2.05, 4.69) is 10.6 Å². The number of para-hydroxylation sites is 1. The lowest BCUT2D eigenvalue weighted by Gasteiger charge is -2.13. The van der Waals surface area contributed by atoms with Crippen molar-refractivity contribution >= 4 is 11.6 Å². The molecule has 15 heavy (non-hydrogen) atoms. The van der Waals surface area contributed by atoms with Gasteiger partial charge in [-0.05, 0) is 25.0 Å². The molecule has 1 amide bonds. The van der Waals surface area contributed by atoms with Crippen molar-refractivity contribution < 1.29 is 4.79 Å². The molecule has 1 aliphatic heterocycles. The number of hydrogen-bond acceptors (Lipinski definition) is 2. The van der Waals surface area contributed by atoms with Crippen molar-refractivity contribution in [3.8, 4) is 0 Å². The number of carbonyl (C=O) groups excluding carboxylic acids is 1. The molecule has 0 unspecified atom stereocenters. The summed E-state index contributed by atoms with van der Waals surface area (Å²) in [6, 6.07) is 9.51. The van der Waals surface area contributed by atoms with Gasteiger partial charge in [0.05, 0.1) is 0 Å². The Labute approximate surface area is 89.2 Å². The van der Waals surface area contributed by atoms with Crippen LogP contribution in [0.2, 0.25) is 0 Å². The fourth-order valence-electron chi connectivity index (χ4n) is 1.56. The van der Waals surface area contributed by atoms with Crippen molar-refractivity contribution in [1.82, 2.24) is 5.32 Å². The summed E-state index contributed by atoms with van der Waals surface area (Å²) in [5.41, 5.74) is 1.67. The monoisotopic (exact) mass is 202 g/mol. The predicted molar refractivity (Wildman–Crippen MR) is 60.4 cm³/mol. The van der Waals surface area contributed by atoms with Gasteiger partial charge in [-0.1, -0.05) is 18.2 Å². The molecule has 3 heteroatoms. The van der Waals surface area contributed by atoms with Gasteiger partial charge in [-0.2, -0.15) is 0 Å². The van der Waals surface area contributed by atoms with Gasteiger partial charge in [0.2, 0.25) is 0 Å². The van der Waals surface area contributed by atoms with Crippen molar-refractivity contribution in [1.29, 1.82) is 0 Å². The zero-order valence-corrected chi connectivity index (χ0v) is 8.49. The summed E-state index contributed by atoms with van der Waals surface area (Å²) in [5.74, 6) is -0.00611. The molecule has 78 valence electrons. The number of anilines is 1. The minimum atomic E-state index is -0.00611. The maximum Gasteiger partial charge on any atom is 0.253 e. The summed E-state index contributed by atoms with van der Waals surface area (Å²) in [6.07, 6.45) is 3.68. The van der Waals surface area contributed by atoms with Crippen LogP contribution in [0.3, 0.4) is 0 Å². The molecule has 0 spiro atoms. The van der Waals surface area contributed by atoms with Gasteiger partial charge in [-0.25, -0.2) is 0 Å². The lowest BCUT2D eigenvalue weighted by atomic mass is 10.1. The largest absolute Gasteiger partial charge is 0.391 e. The van der Waals surface area contributed by atoms with Gasteiger partial charge in [0.15, 0.2) is 0 Å². The van der Waals surface area contributed by atoms with Crippen LogP contribution in [0.5, 0.6) is 0 Å². The third-order valence-electron chi connectivity index (χ3n) is 2.37. The number of hydrogen-bond donors (Lipinski definition) is 2. The van der Waals surface area contributed by atoms with Gasteiger partial charge in [0, 0.05) is 24.0 Å². The average molecular weight is 202 g/mol. The van der Waals surface area contributed by atoms with E-state index in [-0.39, 0.29) is 5.91 Å². The number of amides is 1. The van der Waals surface area contributed by atoms with Crippen LogP contribution in [0.25, 0.3) is 0 Å². The van der Waals surface area contributed by atoms with E-state index in [1.165, 1.54) is 0 Å². The summed E-state index contributed by atoms with van der Waals surface area (Å²) >= 11 is 0. The van der Waals surface area contributed by atoms with Crippen molar-refractivity contribution in [2.24, 2.45) is 0 Å². The van der Waals surface area contributed by atoms with Crippen LogP contribution in [0.1, 0.15) is 12.8 Å². The Morgan fingerprint density at radius 3 is 2.73 bits per heavy atom. The topological polar surface area (TPSA) is 41.1 Å². The Kier molecular flexibility index (Phi) is 3.02. The van der Waals surface area contributed by atoms with E-state index in [0.29, 0.717) is 0 Å². The van der Waals surface area contributed by atoms with Crippen LogP contribution in [0, 0.1) is 0 Å². The number of nitrogens with one attached hydrogen (secondary N) is 2. The first-order valence-corrected chi connectivity index (χ1v) is 5.15. The molecule has 1 aromatic carbocycles. The number of carbonyl (C=O) groups is 1. The average Bonchev–Trinajstić information content (AvgIpc) is 2.31. The molecule has 2 N–H and O–H groups in total. The highest BCUT2D eigenvalue weighted by molar-refractivity contribution is 6.03. The second-order valence-electron chi connectivity index (χ2n) is 3.55. The fraction of sp³-hybridized carbons (Fsp3) is 0.250. The standard InChI is InChI=1S/C12H14N2O/c15-12(10-5-4-8-13-9-10)14-11-6-2-1-3-7-11/h1-3,6-7,9,13H,4-5,8H2,(H,14,15). The van der Waals surface area contributed by atoms with Crippen LogP contribution in [-0.4, -0.2) is 12.5 Å². The lowest BCUT2D eigenvalue weighted by Crippen LogP contribution is -2.22. The molecule has 0 saturated heterocycles. The molecule has 0 fully saturated rings. The maximum atomic E-state index is 11.7. The molecule has 3 nitrogen and oxygen atoms in total. The molecule has 1 heterocycles. The second-order valence-corrected chi connectivity index (χ2v) is 3.55. The van der Waals surface area contributed by atoms with Gasteiger partial charge in [0.1, 0.15) is 0 Å². The van der Waals surface area contributed by atoms with E-state index in [1.807, 2.05) is 36.5 Å². The summed E-state index contributed by atoms with van der Waals surface area (Å²) < 4.78 is 0. The highest BCUT2D eigenvalue weighted by Crippen LogP contribution is 2.12. The second kappa shape index (κ2) is 4.64. The van der Waals surface area contributed by atoms with E-state index in [4.69, 9.17) is 0 Å². The summed E-state index contributed by atoms with van der Waals surface area (Å²) in [7, 11) is 0. The quantitative estimate of drug-likeness (QED) is 0.769. The van der Waals surface area contributed by atoms with E-state index >= 15 is 0 Å². The molecule has 1 aromatic rings. The van der Waals surface area contributed by atoms with E-state index in [1.54, 1.807) is 0 Å². The zero-order valence-electron chi connectivity index (χ0n) is 8.49. The van der Waals surface area contributed by atoms with Gasteiger partial charge >= 0.3 is 0 Å². The molecule has 1 aliphatic rings. The summed E-state index contributed by atoms with van der Waals surface area (Å²) in [5, 5.41) is 5.94. The SMILES string of the molecule is O=C(Nc1ccccc1)C1=CNCCC1. The Bertz CT molecular complexity index is 370. The predicted octanol–water partition coefficient (Wildman–Crippen LogP) is 1.89. The highest BCUT2D eigenvalue weighted by atomic mass is 16.1. The molecule has 0 saturated carbocycles. The van der Waals surface area contributed by atoms with Crippen molar-refractivity contribution in [2.75, 3.05) is 11.9 Å². The molecule has 0 radical (unpaired) electrons. The minimum Gasteiger partial charge on any atom is -0.391 e. The first-order chi connectivity index (χ1) is 7.36. The maximum absolute atomic E-state index is 11.7. The van der Waals surface area contributed by atoms with Gasteiger partial charge in [0.25, 0.3) is 5.91 Å². The van der Waals surface area contributed by atoms with Crippen LogP contribution in [0.15, 0.2) is 42.1 Å². The van der Waals surface area contributed by atoms with E-state index < -0.39 is 0 Å². The number of rotatable bonds is 2. The third-order valence-corrected chi connectivity index (χ3v) is 2.37. The fourth-order valence-corrected chi connectivity index (χ4v) is 1.56. The Balaban J connectivity index is 2.00. The Morgan fingerprint density at radius 2 is 2.07 bits per heavy atom. The smallest absolute Gasteiger partial charge is 0.253 e. The van der Waals surface area contributed by atoms with Gasteiger partial charge in [-0.3, -0.25) is 4.79 Å². The Morgan fingerprint density at radius 1 is 1.27 bits per heavy atom. The molecule has 2 rings (SSSR count). The van der Waals surface area contributed by atoms with Crippen molar-refractivity contribution in [3.05, 3.63) is 42.1 Å². The summed E-state index contributed by atoms with van der Waals surface area (Å²) in [6.45, 7) is 0.960. The number of benzene rings is 1. The molecule has 0 bridgehead atoms. The van der Waals surface area contributed by atoms with E-state index in [0.717, 1.165) is 30.6 Å². The van der Waals surface area contributed by atoms with Gasteiger partial charge in [-0.15, -0.1) is 0 Å². The Hall–Kier alpha value is -1.77. The third kappa shape index (κ3) is 2.59. The molecule has 0 aromatic heterocycles. The van der Waals surface area contributed by atoms with Crippen LogP contribution in [0.4, 0.5) is 5.69 Å².